The molecule has 2 nitrogen and oxygen atoms in total. The molecule has 0 radical (unpaired) electrons. The first-order chi connectivity index (χ1) is 14.7. The van der Waals surface area contributed by atoms with Gasteiger partial charge in [-0.3, -0.25) is 0 Å². The molecule has 1 unspecified atom stereocenters. The second-order valence-electron chi connectivity index (χ2n) is 9.26. The lowest BCUT2D eigenvalue weighted by atomic mass is 9.86. The van der Waals surface area contributed by atoms with Crippen LogP contribution in [-0.2, 0) is 12.8 Å². The van der Waals surface area contributed by atoms with Crippen molar-refractivity contribution < 1.29 is 18.3 Å². The zero-order chi connectivity index (χ0) is 21.3. The minimum absolute atomic E-state index is 0.0144. The fourth-order valence-electron chi connectivity index (χ4n) is 5.20. The van der Waals surface area contributed by atoms with E-state index < -0.39 is 11.6 Å². The van der Waals surface area contributed by atoms with Crippen LogP contribution in [0.25, 0.3) is 0 Å². The Morgan fingerprint density at radius 1 is 0.767 bits per heavy atom. The molecule has 4 heteroatoms. The quantitative estimate of drug-likeness (QED) is 0.433. The van der Waals surface area contributed by atoms with Gasteiger partial charge in [-0.15, -0.1) is 0 Å². The largest absolute Gasteiger partial charge is 0.490 e. The number of rotatable bonds is 6. The number of hydrogen-bond donors (Lipinski definition) is 0. The molecule has 0 bridgehead atoms. The van der Waals surface area contributed by atoms with E-state index in [9.17, 15) is 8.78 Å². The lowest BCUT2D eigenvalue weighted by Gasteiger charge is -2.30. The molecule has 0 amide bonds. The molecule has 2 aliphatic heterocycles. The van der Waals surface area contributed by atoms with Crippen molar-refractivity contribution in [2.75, 3.05) is 6.61 Å². The third-order valence-corrected chi connectivity index (χ3v) is 6.87. The Balaban J connectivity index is 0.000000239. The number of ether oxygens (including phenoxy) is 2. The molecule has 3 aliphatic rings. The number of halogens is 2. The zero-order valence-corrected chi connectivity index (χ0v) is 19.0. The van der Waals surface area contributed by atoms with Gasteiger partial charge in [0.2, 0.25) is 11.6 Å². The van der Waals surface area contributed by atoms with Gasteiger partial charge in [0.15, 0.2) is 11.5 Å². The van der Waals surface area contributed by atoms with Crippen molar-refractivity contribution in [2.24, 2.45) is 5.92 Å². The Morgan fingerprint density at radius 3 is 2.23 bits per heavy atom. The van der Waals surface area contributed by atoms with E-state index in [4.69, 9.17) is 9.47 Å². The number of fused-ring (bicyclic) bond motifs is 3. The van der Waals surface area contributed by atoms with Gasteiger partial charge in [-0.2, -0.15) is 8.78 Å². The van der Waals surface area contributed by atoms with Crippen molar-refractivity contribution in [3.05, 3.63) is 22.8 Å². The summed E-state index contributed by atoms with van der Waals surface area (Å²) in [6.07, 6.45) is 18.0. The fourth-order valence-corrected chi connectivity index (χ4v) is 5.20. The van der Waals surface area contributed by atoms with Crippen LogP contribution < -0.4 is 9.47 Å². The third kappa shape index (κ3) is 5.88. The lowest BCUT2D eigenvalue weighted by molar-refractivity contribution is 0.147. The molecular weight excluding hydrogens is 382 g/mol. The zero-order valence-electron chi connectivity index (χ0n) is 19.0. The first-order valence-electron chi connectivity index (χ1n) is 12.5. The van der Waals surface area contributed by atoms with Crippen LogP contribution in [0.1, 0.15) is 108 Å². The van der Waals surface area contributed by atoms with Gasteiger partial charge < -0.3 is 9.47 Å². The summed E-state index contributed by atoms with van der Waals surface area (Å²) in [6.45, 7) is 4.91. The summed E-state index contributed by atoms with van der Waals surface area (Å²) in [7, 11) is 0. The van der Waals surface area contributed by atoms with Crippen LogP contribution >= 0.6 is 0 Å². The van der Waals surface area contributed by atoms with E-state index in [1.807, 2.05) is 0 Å². The summed E-state index contributed by atoms with van der Waals surface area (Å²) in [6, 6.07) is 0. The second kappa shape index (κ2) is 11.9. The van der Waals surface area contributed by atoms with E-state index in [1.165, 1.54) is 44.9 Å². The van der Waals surface area contributed by atoms with Crippen molar-refractivity contribution in [1.82, 2.24) is 0 Å². The maximum atomic E-state index is 14.3. The maximum absolute atomic E-state index is 14.3. The molecule has 1 saturated carbocycles. The summed E-state index contributed by atoms with van der Waals surface area (Å²) >= 11 is 0. The molecule has 0 aromatic heterocycles. The van der Waals surface area contributed by atoms with Gasteiger partial charge in [0.05, 0.1) is 12.7 Å². The smallest absolute Gasteiger partial charge is 0.204 e. The van der Waals surface area contributed by atoms with Gasteiger partial charge in [-0.25, -0.2) is 0 Å². The number of benzene rings is 1. The Kier molecular flexibility index (Phi) is 9.27. The van der Waals surface area contributed by atoms with E-state index in [1.54, 1.807) is 0 Å². The van der Waals surface area contributed by atoms with Crippen LogP contribution in [0, 0.1) is 17.6 Å². The highest BCUT2D eigenvalue weighted by Crippen LogP contribution is 2.43. The third-order valence-electron chi connectivity index (χ3n) is 6.87. The molecule has 1 aromatic rings. The molecule has 1 aliphatic carbocycles. The Hall–Kier alpha value is -1.32. The van der Waals surface area contributed by atoms with Crippen molar-refractivity contribution in [2.45, 2.75) is 116 Å². The Morgan fingerprint density at radius 2 is 1.50 bits per heavy atom. The van der Waals surface area contributed by atoms with Gasteiger partial charge in [0.25, 0.3) is 0 Å². The van der Waals surface area contributed by atoms with Crippen molar-refractivity contribution >= 4 is 0 Å². The Bertz CT molecular complexity index is 665. The van der Waals surface area contributed by atoms with Crippen LogP contribution in [-0.4, -0.2) is 12.7 Å². The number of hydrogen-bond acceptors (Lipinski definition) is 2. The van der Waals surface area contributed by atoms with E-state index >= 15 is 0 Å². The molecule has 4 rings (SSSR count). The molecule has 0 saturated heterocycles. The summed E-state index contributed by atoms with van der Waals surface area (Å²) in [5.41, 5.74) is 1.65. The highest BCUT2D eigenvalue weighted by atomic mass is 19.2. The predicted molar refractivity (Wildman–Crippen MR) is 119 cm³/mol. The number of unbranched alkanes of at least 4 members (excludes halogenated alkanes) is 2. The average molecular weight is 423 g/mol. The van der Waals surface area contributed by atoms with Crippen LogP contribution in [0.4, 0.5) is 8.78 Å². The van der Waals surface area contributed by atoms with Crippen LogP contribution in [0.5, 0.6) is 11.5 Å². The second-order valence-corrected chi connectivity index (χ2v) is 9.26. The van der Waals surface area contributed by atoms with Crippen molar-refractivity contribution in [1.29, 1.82) is 0 Å². The highest BCUT2D eigenvalue weighted by Gasteiger charge is 2.32. The Labute approximate surface area is 181 Å². The van der Waals surface area contributed by atoms with Gasteiger partial charge in [-0.05, 0) is 44.4 Å². The SMILES string of the molecule is CCCC1CCCCC1.CCCCCC1CCc2c3c(c(F)c(F)c2O1)OCCC3. The summed E-state index contributed by atoms with van der Waals surface area (Å²) in [4.78, 5) is 0. The molecule has 1 atom stereocenters. The van der Waals surface area contributed by atoms with Crippen molar-refractivity contribution in [3.8, 4) is 11.5 Å². The topological polar surface area (TPSA) is 18.5 Å². The van der Waals surface area contributed by atoms with E-state index in [2.05, 4.69) is 13.8 Å². The van der Waals surface area contributed by atoms with Crippen LogP contribution in [0.3, 0.4) is 0 Å². The first kappa shape index (κ1) is 23.3. The summed E-state index contributed by atoms with van der Waals surface area (Å²) in [5, 5.41) is 0. The van der Waals surface area contributed by atoms with Gasteiger partial charge in [0, 0.05) is 11.1 Å². The van der Waals surface area contributed by atoms with Crippen LogP contribution in [0.15, 0.2) is 0 Å². The first-order valence-corrected chi connectivity index (χ1v) is 12.5. The fraction of sp³-hybridized carbons (Fsp3) is 0.769. The monoisotopic (exact) mass is 422 g/mol. The van der Waals surface area contributed by atoms with Crippen LogP contribution in [0.2, 0.25) is 0 Å². The minimum Gasteiger partial charge on any atom is -0.490 e. The lowest BCUT2D eigenvalue weighted by Crippen LogP contribution is -2.26. The molecule has 0 N–H and O–H groups in total. The summed E-state index contributed by atoms with van der Waals surface area (Å²) < 4.78 is 39.5. The molecule has 1 aromatic carbocycles. The maximum Gasteiger partial charge on any atom is 0.204 e. The minimum atomic E-state index is -0.877. The summed E-state index contributed by atoms with van der Waals surface area (Å²) in [5.74, 6) is -0.387. The average Bonchev–Trinajstić information content (AvgIpc) is 2.79. The van der Waals surface area contributed by atoms with Gasteiger partial charge >= 0.3 is 0 Å². The highest BCUT2D eigenvalue weighted by molar-refractivity contribution is 5.52. The molecule has 170 valence electrons. The molecule has 2 heterocycles. The molecule has 30 heavy (non-hydrogen) atoms. The van der Waals surface area contributed by atoms with Gasteiger partial charge in [0.1, 0.15) is 0 Å². The standard InChI is InChI=1S/C17H22F2O2.C9H18/c1-2-3-4-6-11-8-9-13-12-7-5-10-20-16(12)14(18)15(19)17(13)21-11;1-2-6-9-7-4-3-5-8-9/h11H,2-10H2,1H3;9H,2-8H2,1H3. The van der Waals surface area contributed by atoms with E-state index in [0.717, 1.165) is 68.4 Å². The predicted octanol–water partition coefficient (Wildman–Crippen LogP) is 7.93. The van der Waals surface area contributed by atoms with E-state index in [-0.39, 0.29) is 17.6 Å². The van der Waals surface area contributed by atoms with Crippen molar-refractivity contribution in [3.63, 3.8) is 0 Å². The van der Waals surface area contributed by atoms with E-state index in [0.29, 0.717) is 6.61 Å². The molecular formula is C26H40F2O2. The molecule has 1 fully saturated rings. The normalized spacial score (nSPS) is 20.9. The van der Waals surface area contributed by atoms with Gasteiger partial charge in [-0.1, -0.05) is 71.6 Å². The molecule has 0 spiro atoms.